The van der Waals surface area contributed by atoms with E-state index in [-0.39, 0.29) is 6.61 Å². The van der Waals surface area contributed by atoms with Crippen LogP contribution < -0.4 is 0 Å². The summed E-state index contributed by atoms with van der Waals surface area (Å²) in [6.45, 7) is 10.5. The number of aliphatic hydroxyl groups is 2. The molecule has 1 fully saturated rings. The molecule has 0 bridgehead atoms. The third-order valence-corrected chi connectivity index (χ3v) is 4.49. The lowest BCUT2D eigenvalue weighted by atomic mass is 9.87. The fourth-order valence-electron chi connectivity index (χ4n) is 2.98. The van der Waals surface area contributed by atoms with Crippen LogP contribution in [0, 0.1) is 5.92 Å². The highest BCUT2D eigenvalue weighted by Gasteiger charge is 2.45. The van der Waals surface area contributed by atoms with E-state index in [4.69, 9.17) is 4.74 Å². The molecule has 0 radical (unpaired) electrons. The molecular weight excluding hydrogens is 334 g/mol. The number of rotatable bonds is 7. The van der Waals surface area contributed by atoms with Crippen molar-refractivity contribution in [2.24, 2.45) is 5.92 Å². The van der Waals surface area contributed by atoms with Gasteiger partial charge in [0.1, 0.15) is 6.61 Å². The zero-order valence-electron chi connectivity index (χ0n) is 15.1. The number of carbonyl (C=O) groups excluding carboxylic acids is 2. The number of hydrogen-bond acceptors (Lipinski definition) is 5. The minimum Gasteiger partial charge on any atom is -0.447 e. The maximum Gasteiger partial charge on any atom is 0.416 e. The zero-order chi connectivity index (χ0) is 19.4. The van der Waals surface area contributed by atoms with E-state index in [0.29, 0.717) is 17.6 Å². The molecule has 0 saturated carbocycles. The van der Waals surface area contributed by atoms with Crippen LogP contribution in [0.1, 0.15) is 19.4 Å². The van der Waals surface area contributed by atoms with Gasteiger partial charge >= 0.3 is 6.09 Å². The lowest BCUT2D eigenvalue weighted by Gasteiger charge is -2.31. The predicted octanol–water partition coefficient (Wildman–Crippen LogP) is 2.07. The molecule has 0 aliphatic carbocycles. The Morgan fingerprint density at radius 3 is 2.23 bits per heavy atom. The molecule has 1 aliphatic heterocycles. The standard InChI is InChI=1S/C20H25NO5/c1-12(2)17(22)16(18(23)13(3)4)19(24)21-15(11-26-20(21)25)10-14-8-6-5-7-9-14/h5-9,15-18,22-23H,1,3,10-11H2,2,4H3/t15-,17+,18+/m0/s1. The number of hydrogen-bond donors (Lipinski definition) is 2. The summed E-state index contributed by atoms with van der Waals surface area (Å²) in [4.78, 5) is 26.2. The summed E-state index contributed by atoms with van der Waals surface area (Å²) in [5, 5.41) is 20.8. The number of aliphatic hydroxyl groups excluding tert-OH is 2. The van der Waals surface area contributed by atoms with E-state index in [2.05, 4.69) is 13.2 Å². The molecule has 1 aliphatic rings. The number of carbonyl (C=O) groups is 2. The number of ether oxygens (including phenoxy) is 1. The first-order valence-corrected chi connectivity index (χ1v) is 8.44. The summed E-state index contributed by atoms with van der Waals surface area (Å²) in [5.41, 5.74) is 1.58. The first kappa shape index (κ1) is 19.9. The molecule has 0 unspecified atom stereocenters. The summed E-state index contributed by atoms with van der Waals surface area (Å²) in [7, 11) is 0. The molecule has 0 spiro atoms. The highest BCUT2D eigenvalue weighted by Crippen LogP contribution is 2.27. The van der Waals surface area contributed by atoms with E-state index in [1.54, 1.807) is 13.8 Å². The molecule has 3 atom stereocenters. The van der Waals surface area contributed by atoms with Gasteiger partial charge in [-0.1, -0.05) is 54.6 Å². The summed E-state index contributed by atoms with van der Waals surface area (Å²) in [6.07, 6.45) is -2.96. The molecule has 2 amide bonds. The van der Waals surface area contributed by atoms with Crippen molar-refractivity contribution in [1.82, 2.24) is 4.90 Å². The summed E-state index contributed by atoms with van der Waals surface area (Å²) >= 11 is 0. The topological polar surface area (TPSA) is 87.1 Å². The van der Waals surface area contributed by atoms with Crippen LogP contribution >= 0.6 is 0 Å². The third-order valence-electron chi connectivity index (χ3n) is 4.49. The molecule has 0 aromatic heterocycles. The summed E-state index contributed by atoms with van der Waals surface area (Å²) < 4.78 is 5.06. The number of benzene rings is 1. The van der Waals surface area contributed by atoms with Gasteiger partial charge in [0, 0.05) is 0 Å². The molecule has 26 heavy (non-hydrogen) atoms. The van der Waals surface area contributed by atoms with Gasteiger partial charge in [-0.05, 0) is 25.8 Å². The Morgan fingerprint density at radius 2 is 1.73 bits per heavy atom. The van der Waals surface area contributed by atoms with Crippen molar-refractivity contribution >= 4 is 12.0 Å². The van der Waals surface area contributed by atoms with Gasteiger partial charge in [-0.15, -0.1) is 0 Å². The van der Waals surface area contributed by atoms with Gasteiger partial charge in [0.25, 0.3) is 0 Å². The second-order valence-electron chi connectivity index (χ2n) is 6.74. The third kappa shape index (κ3) is 4.20. The Hall–Kier alpha value is -2.44. The molecule has 1 saturated heterocycles. The minimum absolute atomic E-state index is 0.0680. The molecule has 6 heteroatoms. The van der Waals surface area contributed by atoms with Crippen molar-refractivity contribution in [3.63, 3.8) is 0 Å². The number of amides is 2. The Morgan fingerprint density at radius 1 is 1.19 bits per heavy atom. The van der Waals surface area contributed by atoms with Gasteiger partial charge < -0.3 is 14.9 Å². The maximum atomic E-state index is 13.1. The predicted molar refractivity (Wildman–Crippen MR) is 97.3 cm³/mol. The van der Waals surface area contributed by atoms with Crippen LogP contribution in [0.4, 0.5) is 4.79 Å². The second kappa shape index (κ2) is 8.29. The molecule has 1 aromatic rings. The van der Waals surface area contributed by atoms with Gasteiger partial charge in [-0.3, -0.25) is 4.79 Å². The van der Waals surface area contributed by atoms with Crippen LogP contribution in [-0.4, -0.2) is 52.0 Å². The summed E-state index contributed by atoms with van der Waals surface area (Å²) in [5.74, 6) is -1.96. The maximum absolute atomic E-state index is 13.1. The van der Waals surface area contributed by atoms with E-state index in [0.717, 1.165) is 10.5 Å². The van der Waals surface area contributed by atoms with E-state index >= 15 is 0 Å². The van der Waals surface area contributed by atoms with Gasteiger partial charge in [0.05, 0.1) is 24.2 Å². The second-order valence-corrected chi connectivity index (χ2v) is 6.74. The van der Waals surface area contributed by atoms with Crippen LogP contribution in [0.2, 0.25) is 0 Å². The van der Waals surface area contributed by atoms with Crippen molar-refractivity contribution in [2.75, 3.05) is 6.61 Å². The van der Waals surface area contributed by atoms with Crippen molar-refractivity contribution in [1.29, 1.82) is 0 Å². The molecule has 1 heterocycles. The van der Waals surface area contributed by atoms with Crippen molar-refractivity contribution in [2.45, 2.75) is 38.5 Å². The van der Waals surface area contributed by atoms with Gasteiger partial charge in [0.2, 0.25) is 5.91 Å². The van der Waals surface area contributed by atoms with Crippen molar-refractivity contribution < 1.29 is 24.5 Å². The number of cyclic esters (lactones) is 1. The Balaban J connectivity index is 2.30. The monoisotopic (exact) mass is 359 g/mol. The Kier molecular flexibility index (Phi) is 6.34. The molecule has 140 valence electrons. The first-order chi connectivity index (χ1) is 12.2. The van der Waals surface area contributed by atoms with E-state index in [1.165, 1.54) is 0 Å². The average molecular weight is 359 g/mol. The van der Waals surface area contributed by atoms with Crippen LogP contribution in [0.3, 0.4) is 0 Å². The molecule has 6 nitrogen and oxygen atoms in total. The Labute approximate surface area is 153 Å². The quantitative estimate of drug-likeness (QED) is 0.728. The molecule has 2 N–H and O–H groups in total. The summed E-state index contributed by atoms with van der Waals surface area (Å²) in [6, 6.07) is 8.91. The zero-order valence-corrected chi connectivity index (χ0v) is 15.1. The number of nitrogens with zero attached hydrogens (tertiary/aromatic N) is 1. The first-order valence-electron chi connectivity index (χ1n) is 8.44. The largest absolute Gasteiger partial charge is 0.447 e. The smallest absolute Gasteiger partial charge is 0.416 e. The molecule has 2 rings (SSSR count). The number of imide groups is 1. The highest BCUT2D eigenvalue weighted by molar-refractivity contribution is 5.95. The van der Waals surface area contributed by atoms with Crippen LogP contribution in [0.5, 0.6) is 0 Å². The van der Waals surface area contributed by atoms with Crippen LogP contribution in [0.25, 0.3) is 0 Å². The van der Waals surface area contributed by atoms with E-state index in [1.807, 2.05) is 30.3 Å². The molecular formula is C20H25NO5. The lowest BCUT2D eigenvalue weighted by Crippen LogP contribution is -2.50. The van der Waals surface area contributed by atoms with Crippen LogP contribution in [0.15, 0.2) is 54.6 Å². The fourth-order valence-corrected chi connectivity index (χ4v) is 2.98. The fraction of sp³-hybridized carbons (Fsp3) is 0.400. The van der Waals surface area contributed by atoms with E-state index < -0.39 is 36.2 Å². The normalized spacial score (nSPS) is 19.2. The van der Waals surface area contributed by atoms with Gasteiger partial charge in [-0.2, -0.15) is 0 Å². The minimum atomic E-state index is -1.31. The molecule has 1 aromatic carbocycles. The van der Waals surface area contributed by atoms with Crippen molar-refractivity contribution in [3.8, 4) is 0 Å². The SMILES string of the molecule is C=C(C)[C@@H](O)C(C(=O)N1C(=O)OC[C@@H]1Cc1ccccc1)[C@H](O)C(=C)C. The highest BCUT2D eigenvalue weighted by atomic mass is 16.6. The lowest BCUT2D eigenvalue weighted by molar-refractivity contribution is -0.140. The van der Waals surface area contributed by atoms with Gasteiger partial charge in [-0.25, -0.2) is 9.69 Å². The Bertz CT molecular complexity index is 679. The van der Waals surface area contributed by atoms with Crippen LogP contribution in [-0.2, 0) is 16.0 Å². The van der Waals surface area contributed by atoms with E-state index in [9.17, 15) is 19.8 Å². The van der Waals surface area contributed by atoms with Crippen molar-refractivity contribution in [3.05, 3.63) is 60.2 Å². The van der Waals surface area contributed by atoms with Gasteiger partial charge in [0.15, 0.2) is 0 Å². The average Bonchev–Trinajstić information content (AvgIpc) is 2.95.